The predicted molar refractivity (Wildman–Crippen MR) is 72.6 cm³/mol. The molecule has 2 unspecified atom stereocenters. The molecule has 0 saturated heterocycles. The van der Waals surface area contributed by atoms with Crippen molar-refractivity contribution in [2.45, 2.75) is 45.6 Å². The summed E-state index contributed by atoms with van der Waals surface area (Å²) in [5, 5.41) is 19.5. The van der Waals surface area contributed by atoms with Crippen LogP contribution in [-0.2, 0) is 9.59 Å². The molecule has 1 aliphatic rings. The molecule has 110 valence electrons. The van der Waals surface area contributed by atoms with Crippen LogP contribution in [0.3, 0.4) is 0 Å². The smallest absolute Gasteiger partial charge is 0.322 e. The van der Waals surface area contributed by atoms with E-state index in [1.807, 2.05) is 13.8 Å². The third kappa shape index (κ3) is 8.20. The molecule has 0 fully saturated rings. The highest BCUT2D eigenvalue weighted by molar-refractivity contribution is 5.73. The quantitative estimate of drug-likeness (QED) is 0.577. The standard InChI is InChI=1S/C7H11NO2.C6H13NO2/c9-7(10)5-8-6-3-1-2-4-6;1-3-4(2)5(7)6(8)9/h3,8H,1-2,4-5H2,(H,9,10);4-5H,3,7H2,1-2H3,(H,8,9). The predicted octanol–water partition coefficient (Wildman–Crippen LogP) is 1.17. The molecule has 1 rings (SSSR count). The van der Waals surface area contributed by atoms with Gasteiger partial charge in [-0.25, -0.2) is 0 Å². The van der Waals surface area contributed by atoms with Crippen molar-refractivity contribution < 1.29 is 19.8 Å². The number of rotatable bonds is 6. The molecule has 0 aromatic carbocycles. The van der Waals surface area contributed by atoms with Crippen LogP contribution < -0.4 is 11.1 Å². The second kappa shape index (κ2) is 9.38. The Morgan fingerprint density at radius 3 is 2.42 bits per heavy atom. The first-order chi connectivity index (χ1) is 8.88. The fourth-order valence-electron chi connectivity index (χ4n) is 1.52. The van der Waals surface area contributed by atoms with E-state index in [0.29, 0.717) is 0 Å². The summed E-state index contributed by atoms with van der Waals surface area (Å²) in [6, 6.07) is -0.699. The fraction of sp³-hybridized carbons (Fsp3) is 0.692. The van der Waals surface area contributed by atoms with Crippen molar-refractivity contribution in [2.75, 3.05) is 6.54 Å². The van der Waals surface area contributed by atoms with Crippen LogP contribution in [0, 0.1) is 5.92 Å². The Balaban J connectivity index is 0.000000344. The third-order valence-corrected chi connectivity index (χ3v) is 3.05. The molecule has 0 heterocycles. The number of carboxylic acid groups (broad SMARTS) is 2. The topological polar surface area (TPSA) is 113 Å². The van der Waals surface area contributed by atoms with Gasteiger partial charge in [-0.3, -0.25) is 9.59 Å². The minimum atomic E-state index is -0.913. The van der Waals surface area contributed by atoms with Crippen LogP contribution in [0.1, 0.15) is 39.5 Å². The van der Waals surface area contributed by atoms with Gasteiger partial charge in [0.1, 0.15) is 12.6 Å². The summed E-state index contributed by atoms with van der Waals surface area (Å²) in [6.45, 7) is 3.80. The minimum absolute atomic E-state index is 0.0475. The van der Waals surface area contributed by atoms with E-state index >= 15 is 0 Å². The van der Waals surface area contributed by atoms with Gasteiger partial charge in [-0.15, -0.1) is 0 Å². The highest BCUT2D eigenvalue weighted by atomic mass is 16.4. The second-order valence-electron chi connectivity index (χ2n) is 4.62. The van der Waals surface area contributed by atoms with E-state index in [0.717, 1.165) is 31.4 Å². The summed E-state index contributed by atoms with van der Waals surface area (Å²) in [5.74, 6) is -1.64. The highest BCUT2D eigenvalue weighted by Gasteiger charge is 2.17. The van der Waals surface area contributed by atoms with E-state index in [4.69, 9.17) is 15.9 Å². The molecule has 0 aliphatic heterocycles. The molecule has 0 radical (unpaired) electrons. The average molecular weight is 272 g/mol. The third-order valence-electron chi connectivity index (χ3n) is 3.05. The molecule has 0 spiro atoms. The summed E-state index contributed by atoms with van der Waals surface area (Å²) < 4.78 is 0. The van der Waals surface area contributed by atoms with Crippen LogP contribution >= 0.6 is 0 Å². The van der Waals surface area contributed by atoms with Crippen LogP contribution in [0.15, 0.2) is 11.8 Å². The highest BCUT2D eigenvalue weighted by Crippen LogP contribution is 2.13. The van der Waals surface area contributed by atoms with Gasteiger partial charge in [0.15, 0.2) is 0 Å². The first kappa shape index (κ1) is 17.4. The number of nitrogens with one attached hydrogen (secondary N) is 1. The number of carbonyl (C=O) groups is 2. The molecule has 0 saturated carbocycles. The maximum atomic E-state index is 10.2. The molecule has 0 aromatic heterocycles. The number of allylic oxidation sites excluding steroid dienone is 2. The van der Waals surface area contributed by atoms with Crippen molar-refractivity contribution in [1.29, 1.82) is 0 Å². The van der Waals surface area contributed by atoms with Crippen molar-refractivity contribution in [1.82, 2.24) is 5.32 Å². The summed E-state index contributed by atoms with van der Waals surface area (Å²) in [7, 11) is 0. The fourth-order valence-corrected chi connectivity index (χ4v) is 1.52. The van der Waals surface area contributed by atoms with E-state index in [1.165, 1.54) is 0 Å². The molecule has 5 N–H and O–H groups in total. The zero-order valence-electron chi connectivity index (χ0n) is 11.6. The summed E-state index contributed by atoms with van der Waals surface area (Å²) in [4.78, 5) is 20.2. The van der Waals surface area contributed by atoms with E-state index < -0.39 is 18.0 Å². The molecule has 1 aliphatic carbocycles. The lowest BCUT2D eigenvalue weighted by molar-refractivity contribution is -0.139. The molecule has 6 heteroatoms. The first-order valence-electron chi connectivity index (χ1n) is 6.51. The Morgan fingerprint density at radius 1 is 1.47 bits per heavy atom. The van der Waals surface area contributed by atoms with Gasteiger partial charge in [0, 0.05) is 5.70 Å². The number of hydrogen-bond acceptors (Lipinski definition) is 4. The largest absolute Gasteiger partial charge is 0.480 e. The van der Waals surface area contributed by atoms with Gasteiger partial charge in [-0.1, -0.05) is 26.3 Å². The molecular formula is C13H24N2O4. The van der Waals surface area contributed by atoms with Crippen LogP contribution in [0.4, 0.5) is 0 Å². The molecule has 19 heavy (non-hydrogen) atoms. The normalized spacial score (nSPS) is 16.7. The molecule has 6 nitrogen and oxygen atoms in total. The van der Waals surface area contributed by atoms with Gasteiger partial charge in [0.25, 0.3) is 0 Å². The van der Waals surface area contributed by atoms with Crippen LogP contribution in [0.5, 0.6) is 0 Å². The Labute approximate surface area is 113 Å². The van der Waals surface area contributed by atoms with E-state index in [9.17, 15) is 9.59 Å². The van der Waals surface area contributed by atoms with Crippen molar-refractivity contribution >= 4 is 11.9 Å². The average Bonchev–Trinajstić information content (AvgIpc) is 2.88. The molecule has 0 bridgehead atoms. The Morgan fingerprint density at radius 2 is 2.11 bits per heavy atom. The number of aliphatic carboxylic acids is 2. The SMILES string of the molecule is CCC(C)C(N)C(=O)O.O=C(O)CNC1=CCCC1. The van der Waals surface area contributed by atoms with Crippen LogP contribution in [0.2, 0.25) is 0 Å². The summed E-state index contributed by atoms with van der Waals surface area (Å²) in [5.41, 5.74) is 6.36. The van der Waals surface area contributed by atoms with Crippen LogP contribution in [0.25, 0.3) is 0 Å². The van der Waals surface area contributed by atoms with Crippen LogP contribution in [-0.4, -0.2) is 34.7 Å². The van der Waals surface area contributed by atoms with Crippen molar-refractivity contribution in [3.8, 4) is 0 Å². The zero-order valence-corrected chi connectivity index (χ0v) is 11.6. The monoisotopic (exact) mass is 272 g/mol. The van der Waals surface area contributed by atoms with Gasteiger partial charge in [-0.2, -0.15) is 0 Å². The molecule has 2 atom stereocenters. The van der Waals surface area contributed by atoms with E-state index in [1.54, 1.807) is 0 Å². The van der Waals surface area contributed by atoms with Gasteiger partial charge >= 0.3 is 11.9 Å². The second-order valence-corrected chi connectivity index (χ2v) is 4.62. The number of carboxylic acids is 2. The van der Waals surface area contributed by atoms with Gasteiger partial charge in [0.05, 0.1) is 0 Å². The molecule has 0 aromatic rings. The maximum absolute atomic E-state index is 10.2. The zero-order chi connectivity index (χ0) is 14.8. The van der Waals surface area contributed by atoms with Gasteiger partial charge < -0.3 is 21.3 Å². The Bertz CT molecular complexity index is 329. The number of hydrogen-bond donors (Lipinski definition) is 4. The number of nitrogens with two attached hydrogens (primary N) is 1. The van der Waals surface area contributed by atoms with Gasteiger partial charge in [-0.05, 0) is 25.2 Å². The van der Waals surface area contributed by atoms with Crippen molar-refractivity contribution in [3.63, 3.8) is 0 Å². The lowest BCUT2D eigenvalue weighted by atomic mass is 10.0. The lowest BCUT2D eigenvalue weighted by Crippen LogP contribution is -2.36. The van der Waals surface area contributed by atoms with Gasteiger partial charge in [0.2, 0.25) is 0 Å². The maximum Gasteiger partial charge on any atom is 0.322 e. The van der Waals surface area contributed by atoms with E-state index in [-0.39, 0.29) is 12.5 Å². The summed E-state index contributed by atoms with van der Waals surface area (Å²) >= 11 is 0. The Kier molecular flexibility index (Phi) is 8.61. The molecular weight excluding hydrogens is 248 g/mol. The van der Waals surface area contributed by atoms with Crippen molar-refractivity contribution in [2.24, 2.45) is 11.7 Å². The summed E-state index contributed by atoms with van der Waals surface area (Å²) in [6.07, 6.45) is 6.12. The minimum Gasteiger partial charge on any atom is -0.480 e. The molecule has 0 amide bonds. The Hall–Kier alpha value is -1.56. The lowest BCUT2D eigenvalue weighted by Gasteiger charge is -2.11. The first-order valence-corrected chi connectivity index (χ1v) is 6.51. The van der Waals surface area contributed by atoms with Crippen molar-refractivity contribution in [3.05, 3.63) is 11.8 Å². The van der Waals surface area contributed by atoms with E-state index in [2.05, 4.69) is 11.4 Å².